The highest BCUT2D eigenvalue weighted by Crippen LogP contribution is 2.28. The van der Waals surface area contributed by atoms with Crippen LogP contribution in [0.3, 0.4) is 0 Å². The van der Waals surface area contributed by atoms with Gasteiger partial charge >= 0.3 is 12.1 Å². The number of hydrogen-bond donors (Lipinski definition) is 1. The van der Waals surface area contributed by atoms with Crippen LogP contribution in [0.15, 0.2) is 30.3 Å². The molecule has 0 spiro atoms. The highest BCUT2D eigenvalue weighted by molar-refractivity contribution is 5.95. The number of esters is 1. The van der Waals surface area contributed by atoms with Crippen LogP contribution in [0.1, 0.15) is 24.8 Å². The second-order valence-corrected chi connectivity index (χ2v) is 4.98. The van der Waals surface area contributed by atoms with E-state index in [1.165, 1.54) is 7.11 Å². The first-order valence-corrected chi connectivity index (χ1v) is 6.65. The Morgan fingerprint density at radius 3 is 2.57 bits per heavy atom. The molecule has 0 aromatic heterocycles. The Balaban J connectivity index is 1.96. The van der Waals surface area contributed by atoms with Gasteiger partial charge < -0.3 is 14.8 Å². The third-order valence-corrected chi connectivity index (χ3v) is 3.46. The quantitative estimate of drug-likeness (QED) is 0.852. The van der Waals surface area contributed by atoms with Gasteiger partial charge in [0, 0.05) is 12.8 Å². The van der Waals surface area contributed by atoms with E-state index in [4.69, 9.17) is 4.74 Å². The van der Waals surface area contributed by atoms with E-state index in [2.05, 4.69) is 10.1 Å². The van der Waals surface area contributed by atoms with Crippen LogP contribution in [0, 0.1) is 0 Å². The van der Waals surface area contributed by atoms with Crippen LogP contribution in [0.2, 0.25) is 0 Å². The molecule has 2 rings (SSSR count). The highest BCUT2D eigenvalue weighted by Gasteiger charge is 2.47. The standard InChI is InChI=1S/C15H17NO5/c1-20-13(18)15(8-7-12(17)9-15)16-14(19)21-10-11-5-3-2-4-6-11/h2-6H,7-10H2,1H3,(H,16,19)/t15-/m0/s1. The van der Waals surface area contributed by atoms with E-state index in [1.807, 2.05) is 30.3 Å². The third kappa shape index (κ3) is 3.59. The van der Waals surface area contributed by atoms with Crippen molar-refractivity contribution in [2.45, 2.75) is 31.4 Å². The fourth-order valence-corrected chi connectivity index (χ4v) is 2.35. The molecule has 1 aliphatic carbocycles. The maximum atomic E-state index is 11.9. The summed E-state index contributed by atoms with van der Waals surface area (Å²) in [5.41, 5.74) is -0.457. The fourth-order valence-electron chi connectivity index (χ4n) is 2.35. The van der Waals surface area contributed by atoms with Crippen molar-refractivity contribution >= 4 is 17.8 Å². The van der Waals surface area contributed by atoms with Crippen molar-refractivity contribution in [3.8, 4) is 0 Å². The number of rotatable bonds is 4. The van der Waals surface area contributed by atoms with Gasteiger partial charge in [-0.2, -0.15) is 0 Å². The molecule has 1 fully saturated rings. The number of carbonyl (C=O) groups excluding carboxylic acids is 3. The van der Waals surface area contributed by atoms with Gasteiger partial charge in [-0.3, -0.25) is 4.79 Å². The SMILES string of the molecule is COC(=O)[C@]1(NC(=O)OCc2ccccc2)CCC(=O)C1. The molecule has 1 amide bonds. The van der Waals surface area contributed by atoms with Crippen LogP contribution in [0.25, 0.3) is 0 Å². The predicted molar refractivity (Wildman–Crippen MR) is 73.4 cm³/mol. The number of ketones is 1. The molecule has 112 valence electrons. The normalized spacial score (nSPS) is 20.9. The lowest BCUT2D eigenvalue weighted by Gasteiger charge is -2.25. The van der Waals surface area contributed by atoms with Crippen molar-refractivity contribution < 1.29 is 23.9 Å². The molecule has 1 atom stereocenters. The summed E-state index contributed by atoms with van der Waals surface area (Å²) in [6.45, 7) is 0.0951. The molecule has 0 heterocycles. The monoisotopic (exact) mass is 291 g/mol. The summed E-state index contributed by atoms with van der Waals surface area (Å²) in [7, 11) is 1.23. The van der Waals surface area contributed by atoms with Gasteiger partial charge in [-0.25, -0.2) is 9.59 Å². The summed E-state index contributed by atoms with van der Waals surface area (Å²) in [6.07, 6.45) is -0.313. The van der Waals surface area contributed by atoms with Crippen molar-refractivity contribution in [2.75, 3.05) is 7.11 Å². The van der Waals surface area contributed by atoms with Gasteiger partial charge in [0.25, 0.3) is 0 Å². The number of methoxy groups -OCH3 is 1. The Hall–Kier alpha value is -2.37. The summed E-state index contributed by atoms with van der Waals surface area (Å²) < 4.78 is 9.76. The largest absolute Gasteiger partial charge is 0.467 e. The zero-order valence-corrected chi connectivity index (χ0v) is 11.8. The Bertz CT molecular complexity index is 542. The molecule has 6 heteroatoms. The summed E-state index contributed by atoms with van der Waals surface area (Å²) >= 11 is 0. The molecular formula is C15H17NO5. The smallest absolute Gasteiger partial charge is 0.408 e. The van der Waals surface area contributed by atoms with Crippen molar-refractivity contribution in [3.05, 3.63) is 35.9 Å². The Labute approximate surface area is 122 Å². The molecule has 1 aliphatic rings. The number of hydrogen-bond acceptors (Lipinski definition) is 5. The van der Waals surface area contributed by atoms with Gasteiger partial charge in [0.15, 0.2) is 0 Å². The van der Waals surface area contributed by atoms with E-state index in [-0.39, 0.29) is 31.7 Å². The van der Waals surface area contributed by atoms with Crippen LogP contribution in [0.5, 0.6) is 0 Å². The zero-order chi connectivity index (χ0) is 15.3. The molecule has 0 bridgehead atoms. The van der Waals surface area contributed by atoms with E-state index < -0.39 is 17.6 Å². The second kappa shape index (κ2) is 6.39. The minimum atomic E-state index is -1.29. The number of ether oxygens (including phenoxy) is 2. The molecular weight excluding hydrogens is 274 g/mol. The lowest BCUT2D eigenvalue weighted by atomic mass is 9.98. The van der Waals surface area contributed by atoms with Gasteiger partial charge in [-0.15, -0.1) is 0 Å². The van der Waals surface area contributed by atoms with Crippen LogP contribution in [0.4, 0.5) is 4.79 Å². The van der Waals surface area contributed by atoms with Crippen LogP contribution >= 0.6 is 0 Å². The minimum absolute atomic E-state index is 0.0554. The predicted octanol–water partition coefficient (Wildman–Crippen LogP) is 1.58. The molecule has 1 aromatic rings. The van der Waals surface area contributed by atoms with E-state index in [0.29, 0.717) is 0 Å². The first-order valence-electron chi connectivity index (χ1n) is 6.65. The molecule has 0 radical (unpaired) electrons. The molecule has 0 unspecified atom stereocenters. The summed E-state index contributed by atoms with van der Waals surface area (Å²) in [4.78, 5) is 35.1. The lowest BCUT2D eigenvalue weighted by molar-refractivity contribution is -0.148. The maximum Gasteiger partial charge on any atom is 0.408 e. The zero-order valence-electron chi connectivity index (χ0n) is 11.8. The van der Waals surface area contributed by atoms with Crippen molar-refractivity contribution in [3.63, 3.8) is 0 Å². The van der Waals surface area contributed by atoms with Gasteiger partial charge in [-0.05, 0) is 12.0 Å². The number of Topliss-reactive ketones (excluding diaryl/α,β-unsaturated/α-hetero) is 1. The number of benzene rings is 1. The van der Waals surface area contributed by atoms with Gasteiger partial charge in [-0.1, -0.05) is 30.3 Å². The van der Waals surface area contributed by atoms with E-state index >= 15 is 0 Å². The number of nitrogens with one attached hydrogen (secondary N) is 1. The minimum Gasteiger partial charge on any atom is -0.467 e. The average molecular weight is 291 g/mol. The Morgan fingerprint density at radius 2 is 2.00 bits per heavy atom. The van der Waals surface area contributed by atoms with Gasteiger partial charge in [0.1, 0.15) is 17.9 Å². The van der Waals surface area contributed by atoms with Crippen LogP contribution in [-0.4, -0.2) is 30.5 Å². The van der Waals surface area contributed by atoms with Crippen molar-refractivity contribution in [2.24, 2.45) is 0 Å². The Kier molecular flexibility index (Phi) is 4.57. The van der Waals surface area contributed by atoms with Gasteiger partial charge in [0.2, 0.25) is 0 Å². The topological polar surface area (TPSA) is 81.7 Å². The molecule has 21 heavy (non-hydrogen) atoms. The first kappa shape index (κ1) is 15.0. The van der Waals surface area contributed by atoms with Gasteiger partial charge in [0.05, 0.1) is 7.11 Å². The molecule has 1 aromatic carbocycles. The van der Waals surface area contributed by atoms with E-state index in [1.54, 1.807) is 0 Å². The first-order chi connectivity index (χ1) is 10.1. The fraction of sp³-hybridized carbons (Fsp3) is 0.400. The van der Waals surface area contributed by atoms with Crippen LogP contribution in [-0.2, 0) is 25.7 Å². The second-order valence-electron chi connectivity index (χ2n) is 4.98. The highest BCUT2D eigenvalue weighted by atomic mass is 16.6. The summed E-state index contributed by atoms with van der Waals surface area (Å²) in [6, 6.07) is 9.18. The molecule has 0 saturated heterocycles. The summed E-state index contributed by atoms with van der Waals surface area (Å²) in [5.74, 6) is -0.700. The third-order valence-electron chi connectivity index (χ3n) is 3.46. The molecule has 6 nitrogen and oxygen atoms in total. The molecule has 1 saturated carbocycles. The van der Waals surface area contributed by atoms with E-state index in [9.17, 15) is 14.4 Å². The van der Waals surface area contributed by atoms with Crippen molar-refractivity contribution in [1.82, 2.24) is 5.32 Å². The van der Waals surface area contributed by atoms with Crippen LogP contribution < -0.4 is 5.32 Å². The number of carbonyl (C=O) groups is 3. The number of alkyl carbamates (subject to hydrolysis) is 1. The van der Waals surface area contributed by atoms with E-state index in [0.717, 1.165) is 5.56 Å². The summed E-state index contributed by atoms with van der Waals surface area (Å²) in [5, 5.41) is 2.49. The van der Waals surface area contributed by atoms with Crippen molar-refractivity contribution in [1.29, 1.82) is 0 Å². The maximum absolute atomic E-state index is 11.9. The lowest BCUT2D eigenvalue weighted by Crippen LogP contribution is -2.53. The molecule has 1 N–H and O–H groups in total. The average Bonchev–Trinajstić information content (AvgIpc) is 2.87. The Morgan fingerprint density at radius 1 is 1.29 bits per heavy atom. The number of amides is 1. The molecule has 0 aliphatic heterocycles.